The standard InChI is InChI=1S/C21H32N6O4/c1-16(2)15-30-21(29)27-6-4-5-24(7-8-27)14-19(28)25-9-11-26(12-10-25)20-18(13-22)23-17(3)31-20/h16H,4-12,14-15H2,1-3H3. The van der Waals surface area contributed by atoms with Crippen molar-refractivity contribution in [1.82, 2.24) is 19.7 Å². The van der Waals surface area contributed by atoms with Crippen molar-refractivity contribution in [2.75, 3.05) is 70.4 Å². The van der Waals surface area contributed by atoms with Gasteiger partial charge in [-0.05, 0) is 12.3 Å². The topological polar surface area (TPSA) is 106 Å². The minimum atomic E-state index is -0.266. The fourth-order valence-electron chi connectivity index (χ4n) is 3.79. The molecule has 0 atom stereocenters. The summed E-state index contributed by atoms with van der Waals surface area (Å²) >= 11 is 0. The van der Waals surface area contributed by atoms with Gasteiger partial charge in [0.2, 0.25) is 17.5 Å². The quantitative estimate of drug-likeness (QED) is 0.686. The van der Waals surface area contributed by atoms with Crippen LogP contribution in [0.15, 0.2) is 4.42 Å². The van der Waals surface area contributed by atoms with Crippen molar-refractivity contribution in [1.29, 1.82) is 5.26 Å². The van der Waals surface area contributed by atoms with E-state index in [0.717, 1.165) is 13.0 Å². The molecule has 1 aromatic heterocycles. The SMILES string of the molecule is Cc1nc(C#N)c(N2CCN(C(=O)CN3CCCN(C(=O)OCC(C)C)CC3)CC2)o1. The molecule has 3 rings (SSSR count). The van der Waals surface area contributed by atoms with E-state index in [1.165, 1.54) is 0 Å². The number of anilines is 1. The summed E-state index contributed by atoms with van der Waals surface area (Å²) in [4.78, 5) is 36.8. The highest BCUT2D eigenvalue weighted by molar-refractivity contribution is 5.78. The number of piperazine rings is 1. The molecule has 0 saturated carbocycles. The van der Waals surface area contributed by atoms with Crippen LogP contribution in [0, 0.1) is 24.2 Å². The Labute approximate surface area is 183 Å². The van der Waals surface area contributed by atoms with Gasteiger partial charge in [-0.2, -0.15) is 5.26 Å². The van der Waals surface area contributed by atoms with Gasteiger partial charge in [0.15, 0.2) is 5.89 Å². The maximum atomic E-state index is 12.8. The first-order valence-corrected chi connectivity index (χ1v) is 10.9. The summed E-state index contributed by atoms with van der Waals surface area (Å²) in [6.07, 6.45) is 0.553. The second-order valence-corrected chi connectivity index (χ2v) is 8.45. The third-order valence-corrected chi connectivity index (χ3v) is 5.49. The smallest absolute Gasteiger partial charge is 0.409 e. The van der Waals surface area contributed by atoms with E-state index >= 15 is 0 Å². The molecule has 170 valence electrons. The number of rotatable bonds is 5. The molecule has 2 amide bonds. The van der Waals surface area contributed by atoms with Crippen molar-refractivity contribution in [3.8, 4) is 6.07 Å². The van der Waals surface area contributed by atoms with E-state index in [-0.39, 0.29) is 12.0 Å². The molecule has 3 heterocycles. The first-order valence-electron chi connectivity index (χ1n) is 10.9. The number of oxazole rings is 1. The highest BCUT2D eigenvalue weighted by Gasteiger charge is 2.27. The van der Waals surface area contributed by atoms with Crippen molar-refractivity contribution in [2.24, 2.45) is 5.92 Å². The summed E-state index contributed by atoms with van der Waals surface area (Å²) in [7, 11) is 0. The molecule has 31 heavy (non-hydrogen) atoms. The number of carbonyl (C=O) groups is 2. The van der Waals surface area contributed by atoms with Crippen molar-refractivity contribution in [3.63, 3.8) is 0 Å². The summed E-state index contributed by atoms with van der Waals surface area (Å²) in [5.74, 6) is 1.35. The van der Waals surface area contributed by atoms with Crippen LogP contribution in [0.2, 0.25) is 0 Å². The van der Waals surface area contributed by atoms with Crippen LogP contribution in [-0.4, -0.2) is 97.2 Å². The van der Waals surface area contributed by atoms with Gasteiger partial charge in [0.25, 0.3) is 0 Å². The highest BCUT2D eigenvalue weighted by atomic mass is 16.6. The molecule has 10 heteroatoms. The molecule has 2 fully saturated rings. The normalized spacial score (nSPS) is 18.1. The lowest BCUT2D eigenvalue weighted by Crippen LogP contribution is -2.51. The lowest BCUT2D eigenvalue weighted by Gasteiger charge is -2.35. The van der Waals surface area contributed by atoms with Crippen LogP contribution in [0.25, 0.3) is 0 Å². The molecular weight excluding hydrogens is 400 g/mol. The molecule has 0 spiro atoms. The van der Waals surface area contributed by atoms with Gasteiger partial charge >= 0.3 is 6.09 Å². The fourth-order valence-corrected chi connectivity index (χ4v) is 3.79. The van der Waals surface area contributed by atoms with Gasteiger partial charge in [-0.15, -0.1) is 0 Å². The Morgan fingerprint density at radius 3 is 2.48 bits per heavy atom. The van der Waals surface area contributed by atoms with E-state index in [4.69, 9.17) is 9.15 Å². The number of hydrogen-bond donors (Lipinski definition) is 0. The maximum absolute atomic E-state index is 12.8. The van der Waals surface area contributed by atoms with Gasteiger partial charge in [-0.1, -0.05) is 13.8 Å². The largest absolute Gasteiger partial charge is 0.449 e. The van der Waals surface area contributed by atoms with Gasteiger partial charge in [0, 0.05) is 59.3 Å². The van der Waals surface area contributed by atoms with Crippen molar-refractivity contribution < 1.29 is 18.7 Å². The van der Waals surface area contributed by atoms with Gasteiger partial charge in [-0.25, -0.2) is 9.78 Å². The predicted octanol–water partition coefficient (Wildman–Crippen LogP) is 1.30. The second-order valence-electron chi connectivity index (χ2n) is 8.45. The number of aryl methyl sites for hydroxylation is 1. The Balaban J connectivity index is 1.45. The van der Waals surface area contributed by atoms with Gasteiger partial charge in [0.1, 0.15) is 6.07 Å². The van der Waals surface area contributed by atoms with Crippen LogP contribution in [0.3, 0.4) is 0 Å². The van der Waals surface area contributed by atoms with Crippen LogP contribution in [0.4, 0.5) is 10.7 Å². The number of nitrogens with zero attached hydrogens (tertiary/aromatic N) is 6. The molecule has 2 saturated heterocycles. The van der Waals surface area contributed by atoms with E-state index in [1.54, 1.807) is 11.8 Å². The Hall–Kier alpha value is -2.80. The summed E-state index contributed by atoms with van der Waals surface area (Å²) in [6.45, 7) is 11.5. The highest BCUT2D eigenvalue weighted by Crippen LogP contribution is 2.22. The minimum absolute atomic E-state index is 0.0877. The first-order chi connectivity index (χ1) is 14.9. The molecule has 1 aromatic rings. The van der Waals surface area contributed by atoms with Gasteiger partial charge in [-0.3, -0.25) is 9.69 Å². The van der Waals surface area contributed by atoms with Crippen LogP contribution in [-0.2, 0) is 9.53 Å². The maximum Gasteiger partial charge on any atom is 0.409 e. The molecule has 0 radical (unpaired) electrons. The van der Waals surface area contributed by atoms with E-state index in [2.05, 4.69) is 16.0 Å². The van der Waals surface area contributed by atoms with E-state index < -0.39 is 0 Å². The van der Waals surface area contributed by atoms with E-state index in [9.17, 15) is 14.9 Å². The van der Waals surface area contributed by atoms with Crippen molar-refractivity contribution in [3.05, 3.63) is 11.6 Å². The number of ether oxygens (including phenoxy) is 1. The Kier molecular flexibility index (Phi) is 7.74. The average molecular weight is 433 g/mol. The number of amides is 2. The molecule has 0 bridgehead atoms. The van der Waals surface area contributed by atoms with Crippen LogP contribution < -0.4 is 4.90 Å². The monoisotopic (exact) mass is 432 g/mol. The zero-order valence-electron chi connectivity index (χ0n) is 18.7. The second kappa shape index (κ2) is 10.5. The molecule has 0 N–H and O–H groups in total. The number of nitriles is 1. The third kappa shape index (κ3) is 6.10. The third-order valence-electron chi connectivity index (χ3n) is 5.49. The Morgan fingerprint density at radius 2 is 1.81 bits per heavy atom. The zero-order valence-corrected chi connectivity index (χ0v) is 18.7. The van der Waals surface area contributed by atoms with Gasteiger partial charge in [0.05, 0.1) is 13.2 Å². The lowest BCUT2D eigenvalue weighted by atomic mass is 10.2. The summed E-state index contributed by atoms with van der Waals surface area (Å²) < 4.78 is 10.9. The molecule has 2 aliphatic rings. The van der Waals surface area contributed by atoms with Crippen LogP contribution in [0.5, 0.6) is 0 Å². The van der Waals surface area contributed by atoms with Crippen LogP contribution in [0.1, 0.15) is 31.9 Å². The fraction of sp³-hybridized carbons (Fsp3) is 0.714. The van der Waals surface area contributed by atoms with Crippen LogP contribution >= 0.6 is 0 Å². The summed E-state index contributed by atoms with van der Waals surface area (Å²) in [5.41, 5.74) is 0.290. The minimum Gasteiger partial charge on any atom is -0.449 e. The summed E-state index contributed by atoms with van der Waals surface area (Å²) in [6, 6.07) is 2.06. The number of hydrogen-bond acceptors (Lipinski definition) is 8. The lowest BCUT2D eigenvalue weighted by molar-refractivity contribution is -0.132. The van der Waals surface area contributed by atoms with Crippen molar-refractivity contribution in [2.45, 2.75) is 27.2 Å². The zero-order chi connectivity index (χ0) is 22.4. The molecular formula is C21H32N6O4. The first kappa shape index (κ1) is 22.9. The molecule has 10 nitrogen and oxygen atoms in total. The van der Waals surface area contributed by atoms with Crippen molar-refractivity contribution >= 4 is 17.9 Å². The Morgan fingerprint density at radius 1 is 1.10 bits per heavy atom. The molecule has 0 unspecified atom stereocenters. The number of aromatic nitrogens is 1. The predicted molar refractivity (Wildman–Crippen MR) is 114 cm³/mol. The van der Waals surface area contributed by atoms with E-state index in [1.807, 2.05) is 23.6 Å². The Bertz CT molecular complexity index is 809. The molecule has 2 aliphatic heterocycles. The summed E-state index contributed by atoms with van der Waals surface area (Å²) in [5, 5.41) is 9.21. The number of carbonyl (C=O) groups excluding carboxylic acids is 2. The van der Waals surface area contributed by atoms with E-state index in [0.29, 0.717) is 82.4 Å². The van der Waals surface area contributed by atoms with Gasteiger partial charge < -0.3 is 23.9 Å². The molecule has 0 aliphatic carbocycles. The average Bonchev–Trinajstić information content (AvgIpc) is 2.98. The molecule has 0 aromatic carbocycles.